The van der Waals surface area contributed by atoms with Gasteiger partial charge in [0.1, 0.15) is 5.41 Å². The average Bonchev–Trinajstić information content (AvgIpc) is 2.34. The standard InChI is InChI=1S/C13H13N2O4.Hg.H2O/c1-8(16)7-13(9-5-3-2-4-6-9)10(17)14-12(19)15-11(13)18;;/h2-6,8,16H,1,7H2,(H2,14,15,17,18,19);;1H2/q;+1;/p-1. The molecule has 4 N–H and O–H groups in total. The van der Waals surface area contributed by atoms with Gasteiger partial charge in [0, 0.05) is 0 Å². The van der Waals surface area contributed by atoms with Crippen molar-refractivity contribution in [1.82, 2.24) is 5.32 Å². The van der Waals surface area contributed by atoms with E-state index in [2.05, 4.69) is 11.9 Å². The molecule has 0 aromatic heterocycles. The number of hydrogen-bond donors (Lipinski definition) is 2. The maximum absolute atomic E-state index is 12.1. The fourth-order valence-electron chi connectivity index (χ4n) is 2.15. The van der Waals surface area contributed by atoms with Gasteiger partial charge >= 0.3 is 33.7 Å². The third-order valence-corrected chi connectivity index (χ3v) is 2.98. The smallest absolute Gasteiger partial charge is 0.861 e. The molecule has 2 atom stereocenters. The molecular weight excluding hydrogens is 465 g/mol. The van der Waals surface area contributed by atoms with Gasteiger partial charge < -0.3 is 15.7 Å². The Morgan fingerprint density at radius 3 is 2.38 bits per heavy atom. The van der Waals surface area contributed by atoms with Gasteiger partial charge in [-0.15, -0.1) is 0 Å². The Morgan fingerprint density at radius 1 is 1.33 bits per heavy atom. The summed E-state index contributed by atoms with van der Waals surface area (Å²) in [4.78, 5) is 26.5. The number of rotatable bonds is 3. The molecule has 8 heteroatoms. The maximum Gasteiger partial charge on any atom is 1.00 e. The first-order valence-corrected chi connectivity index (χ1v) is 5.65. The summed E-state index contributed by atoms with van der Waals surface area (Å²) in [6.07, 6.45) is -1.38. The van der Waals surface area contributed by atoms with E-state index in [1.807, 2.05) is 5.32 Å². The van der Waals surface area contributed by atoms with Crippen molar-refractivity contribution in [2.75, 3.05) is 0 Å². The van der Waals surface area contributed by atoms with E-state index < -0.39 is 29.4 Å². The second-order valence-electron chi connectivity index (χ2n) is 4.31. The minimum atomic E-state index is -1.70. The quantitative estimate of drug-likeness (QED) is 0.522. The molecule has 1 heterocycles. The number of benzene rings is 1. The number of imide groups is 1. The summed E-state index contributed by atoms with van der Waals surface area (Å²) in [7, 11) is 0. The predicted molar refractivity (Wildman–Crippen MR) is 68.7 cm³/mol. The Bertz CT molecular complexity index is 547. The monoisotopic (exact) mass is 480 g/mol. The molecule has 3 amide bonds. The third-order valence-electron chi connectivity index (χ3n) is 2.98. The minimum Gasteiger partial charge on any atom is -0.861 e. The van der Waals surface area contributed by atoms with Crippen molar-refractivity contribution in [3.8, 4) is 0 Å². The first kappa shape index (κ1) is 19.7. The molecule has 0 saturated heterocycles. The minimum absolute atomic E-state index is 0. The normalized spacial score (nSPS) is 22.3. The summed E-state index contributed by atoms with van der Waals surface area (Å²) in [6.45, 7) is 3.39. The molecule has 7 nitrogen and oxygen atoms in total. The van der Waals surface area contributed by atoms with Crippen molar-refractivity contribution in [3.63, 3.8) is 0 Å². The summed E-state index contributed by atoms with van der Waals surface area (Å²) < 4.78 is 0. The maximum atomic E-state index is 12.1. The zero-order valence-corrected chi connectivity index (χ0v) is 16.7. The van der Waals surface area contributed by atoms with E-state index in [0.29, 0.717) is 5.56 Å². The van der Waals surface area contributed by atoms with E-state index in [1.54, 1.807) is 30.3 Å². The molecule has 1 aliphatic rings. The number of nitrogens with one attached hydrogen (secondary N) is 1. The molecular formula is C13H14HgN2O5. The average molecular weight is 479 g/mol. The molecule has 0 aliphatic carbocycles. The molecule has 0 bridgehead atoms. The number of aliphatic hydroxyl groups excluding tert-OH is 1. The van der Waals surface area contributed by atoms with Gasteiger partial charge in [-0.25, -0.2) is 9.79 Å². The van der Waals surface area contributed by atoms with Crippen LogP contribution in [0.2, 0.25) is 0 Å². The van der Waals surface area contributed by atoms with E-state index in [-0.39, 0.29) is 39.6 Å². The van der Waals surface area contributed by atoms with Crippen LogP contribution in [0.5, 0.6) is 0 Å². The molecule has 1 aromatic rings. The number of aliphatic hydroxyl groups is 1. The van der Waals surface area contributed by atoms with Gasteiger partial charge in [-0.3, -0.25) is 10.1 Å². The molecule has 0 fully saturated rings. The number of hydrogen-bond acceptors (Lipinski definition) is 4. The van der Waals surface area contributed by atoms with Gasteiger partial charge in [-0.1, -0.05) is 30.3 Å². The van der Waals surface area contributed by atoms with Crippen LogP contribution in [0.1, 0.15) is 12.0 Å². The summed E-state index contributed by atoms with van der Waals surface area (Å²) >= 11 is 0. The van der Waals surface area contributed by atoms with Crippen LogP contribution in [0, 0.1) is 6.92 Å². The number of urea groups is 1. The van der Waals surface area contributed by atoms with Crippen molar-refractivity contribution < 1.29 is 52.9 Å². The van der Waals surface area contributed by atoms with Gasteiger partial charge in [-0.05, 0) is 24.8 Å². The van der Waals surface area contributed by atoms with Crippen molar-refractivity contribution >= 4 is 17.8 Å². The van der Waals surface area contributed by atoms with Crippen LogP contribution in [0.4, 0.5) is 4.79 Å². The van der Waals surface area contributed by atoms with Crippen LogP contribution < -0.4 is 10.4 Å². The first-order chi connectivity index (χ1) is 8.96. The van der Waals surface area contributed by atoms with Crippen LogP contribution in [0.3, 0.4) is 0 Å². The Morgan fingerprint density at radius 2 is 1.90 bits per heavy atom. The Labute approximate surface area is 141 Å². The molecule has 2 unspecified atom stereocenters. The fraction of sp³-hybridized carbons (Fsp3) is 0.231. The Hall–Kier alpha value is -1.31. The van der Waals surface area contributed by atoms with Gasteiger partial charge in [-0.2, -0.15) is 0 Å². The fourth-order valence-corrected chi connectivity index (χ4v) is 2.15. The molecule has 1 aliphatic heterocycles. The molecule has 2 radical (unpaired) electrons. The van der Waals surface area contributed by atoms with Crippen molar-refractivity contribution in [2.45, 2.75) is 17.9 Å². The van der Waals surface area contributed by atoms with Crippen LogP contribution in [0.15, 0.2) is 35.3 Å². The van der Waals surface area contributed by atoms with Crippen molar-refractivity contribution in [2.24, 2.45) is 4.99 Å². The van der Waals surface area contributed by atoms with E-state index in [0.717, 1.165) is 0 Å². The SMILES string of the molecule is O.[CH2]C(O)CC1(c2ccccc2)C(=O)NC(=O)N=C1[O-].[Hg+]. The van der Waals surface area contributed by atoms with Crippen LogP contribution in [0.25, 0.3) is 0 Å². The molecule has 0 saturated carbocycles. The van der Waals surface area contributed by atoms with Crippen molar-refractivity contribution in [1.29, 1.82) is 0 Å². The molecule has 1 aromatic carbocycles. The number of carbonyl (C=O) groups is 2. The summed E-state index contributed by atoms with van der Waals surface area (Å²) in [5.41, 5.74) is -1.33. The van der Waals surface area contributed by atoms with E-state index in [1.165, 1.54) is 0 Å². The molecule has 0 spiro atoms. The summed E-state index contributed by atoms with van der Waals surface area (Å²) in [5.74, 6) is -1.67. The van der Waals surface area contributed by atoms with Crippen LogP contribution >= 0.6 is 0 Å². The van der Waals surface area contributed by atoms with Gasteiger partial charge in [0.05, 0.1) is 6.10 Å². The number of nitrogens with zero attached hydrogens (tertiary/aromatic N) is 1. The van der Waals surface area contributed by atoms with E-state index >= 15 is 0 Å². The van der Waals surface area contributed by atoms with E-state index in [9.17, 15) is 19.8 Å². The second-order valence-corrected chi connectivity index (χ2v) is 4.31. The third kappa shape index (κ3) is 3.66. The van der Waals surface area contributed by atoms with E-state index in [4.69, 9.17) is 0 Å². The van der Waals surface area contributed by atoms with Gasteiger partial charge in [0.2, 0.25) is 5.91 Å². The van der Waals surface area contributed by atoms with Gasteiger partial charge in [0.15, 0.2) is 0 Å². The summed E-state index contributed by atoms with van der Waals surface area (Å²) in [6, 6.07) is 7.20. The number of aliphatic imine (C=N–C) groups is 1. The summed E-state index contributed by atoms with van der Waals surface area (Å²) in [5, 5.41) is 23.5. The van der Waals surface area contributed by atoms with Gasteiger partial charge in [0.25, 0.3) is 0 Å². The largest absolute Gasteiger partial charge is 1.00 e. The van der Waals surface area contributed by atoms with Crippen molar-refractivity contribution in [3.05, 3.63) is 42.8 Å². The van der Waals surface area contributed by atoms with Crippen LogP contribution in [-0.4, -0.2) is 34.5 Å². The zero-order chi connectivity index (χ0) is 14.0. The first-order valence-electron chi connectivity index (χ1n) is 5.65. The number of carbonyl (C=O) groups excluding carboxylic acids is 2. The molecule has 108 valence electrons. The topological polar surface area (TPSA) is 133 Å². The predicted octanol–water partition coefficient (Wildman–Crippen LogP) is -1.31. The molecule has 21 heavy (non-hydrogen) atoms. The number of amides is 3. The Kier molecular flexibility index (Phi) is 7.15. The van der Waals surface area contributed by atoms with Crippen LogP contribution in [-0.2, 0) is 37.9 Å². The molecule has 2 rings (SSSR count). The zero-order valence-electron chi connectivity index (χ0n) is 11.2. The Balaban J connectivity index is 0.00000200. The second kappa shape index (κ2) is 7.62.